The zero-order valence-electron chi connectivity index (χ0n) is 17.9. The summed E-state index contributed by atoms with van der Waals surface area (Å²) < 4.78 is 9.22. The lowest BCUT2D eigenvalue weighted by Gasteiger charge is -2.17. The van der Waals surface area contributed by atoms with E-state index in [9.17, 15) is 10.1 Å². The fraction of sp³-hybridized carbons (Fsp3) is 0.364. The van der Waals surface area contributed by atoms with Crippen molar-refractivity contribution in [3.8, 4) is 6.07 Å². The molecule has 0 spiro atoms. The van der Waals surface area contributed by atoms with Gasteiger partial charge in [-0.05, 0) is 57.5 Å². The first-order chi connectivity index (χ1) is 14.4. The van der Waals surface area contributed by atoms with Crippen molar-refractivity contribution in [3.63, 3.8) is 0 Å². The fourth-order valence-electron chi connectivity index (χ4n) is 3.74. The van der Waals surface area contributed by atoms with E-state index in [0.29, 0.717) is 18.1 Å². The summed E-state index contributed by atoms with van der Waals surface area (Å²) in [5.74, 6) is 0.148. The molecule has 1 N–H and O–H groups in total. The molecule has 3 aromatic heterocycles. The van der Waals surface area contributed by atoms with Crippen molar-refractivity contribution in [2.24, 2.45) is 0 Å². The highest BCUT2D eigenvalue weighted by atomic mass is 16.5. The number of nitriles is 1. The molecular formula is C22H26N6O2. The van der Waals surface area contributed by atoms with Crippen LogP contribution in [-0.4, -0.2) is 38.8 Å². The van der Waals surface area contributed by atoms with Gasteiger partial charge in [0, 0.05) is 24.7 Å². The van der Waals surface area contributed by atoms with Crippen LogP contribution in [0.4, 0.5) is 0 Å². The normalized spacial score (nSPS) is 13.8. The van der Waals surface area contributed by atoms with Gasteiger partial charge in [0.25, 0.3) is 5.91 Å². The fourth-order valence-corrected chi connectivity index (χ4v) is 3.74. The number of rotatable bonds is 7. The summed E-state index contributed by atoms with van der Waals surface area (Å²) in [5, 5.41) is 20.7. The van der Waals surface area contributed by atoms with Gasteiger partial charge in [0.15, 0.2) is 11.5 Å². The monoisotopic (exact) mass is 406 g/mol. The Labute approximate surface area is 175 Å². The van der Waals surface area contributed by atoms with Crippen molar-refractivity contribution < 1.29 is 9.53 Å². The van der Waals surface area contributed by atoms with Gasteiger partial charge in [-0.3, -0.25) is 9.20 Å². The maximum atomic E-state index is 12.8. The van der Waals surface area contributed by atoms with E-state index >= 15 is 0 Å². The highest BCUT2D eigenvalue weighted by Gasteiger charge is 2.19. The lowest BCUT2D eigenvalue weighted by atomic mass is 10.1. The van der Waals surface area contributed by atoms with Crippen LogP contribution in [-0.2, 0) is 9.53 Å². The summed E-state index contributed by atoms with van der Waals surface area (Å²) in [6.45, 7) is 8.44. The van der Waals surface area contributed by atoms with Crippen LogP contribution in [0.1, 0.15) is 48.7 Å². The van der Waals surface area contributed by atoms with E-state index in [1.165, 1.54) is 0 Å². The van der Waals surface area contributed by atoms with E-state index < -0.39 is 11.9 Å². The number of amides is 1. The number of ether oxygens (including phenoxy) is 1. The van der Waals surface area contributed by atoms with Crippen molar-refractivity contribution in [3.05, 3.63) is 58.8 Å². The second kappa shape index (κ2) is 8.93. The van der Waals surface area contributed by atoms with Gasteiger partial charge in [-0.2, -0.15) is 5.26 Å². The van der Waals surface area contributed by atoms with Crippen LogP contribution in [0.15, 0.2) is 36.0 Å². The van der Waals surface area contributed by atoms with E-state index in [-0.39, 0.29) is 11.6 Å². The van der Waals surface area contributed by atoms with E-state index in [1.54, 1.807) is 13.2 Å². The zero-order valence-corrected chi connectivity index (χ0v) is 17.9. The van der Waals surface area contributed by atoms with E-state index in [0.717, 1.165) is 17.0 Å². The van der Waals surface area contributed by atoms with Crippen LogP contribution in [0.25, 0.3) is 11.7 Å². The number of nitrogens with zero attached hydrogens (tertiary/aromatic N) is 5. The van der Waals surface area contributed by atoms with Gasteiger partial charge in [-0.15, -0.1) is 10.2 Å². The molecule has 0 saturated carbocycles. The SMILES string of the molecule is COCC(C)n1c(C)cc(/C=C(\C#N)C(=O)NC(C)c2nnc3ccccn23)c1C. The maximum absolute atomic E-state index is 12.8. The number of aryl methyl sites for hydroxylation is 1. The predicted molar refractivity (Wildman–Crippen MR) is 114 cm³/mol. The molecule has 0 aliphatic carbocycles. The van der Waals surface area contributed by atoms with Crippen molar-refractivity contribution in [1.29, 1.82) is 5.26 Å². The van der Waals surface area contributed by atoms with E-state index in [1.807, 2.05) is 61.7 Å². The summed E-state index contributed by atoms with van der Waals surface area (Å²) >= 11 is 0. The summed E-state index contributed by atoms with van der Waals surface area (Å²) in [7, 11) is 1.67. The van der Waals surface area contributed by atoms with Crippen LogP contribution in [0.3, 0.4) is 0 Å². The van der Waals surface area contributed by atoms with Gasteiger partial charge in [0.05, 0.1) is 18.7 Å². The first kappa shape index (κ1) is 21.3. The Morgan fingerprint density at radius 2 is 2.10 bits per heavy atom. The number of hydrogen-bond donors (Lipinski definition) is 1. The molecule has 30 heavy (non-hydrogen) atoms. The van der Waals surface area contributed by atoms with E-state index in [4.69, 9.17) is 4.74 Å². The molecule has 0 fully saturated rings. The van der Waals surface area contributed by atoms with Gasteiger partial charge < -0.3 is 14.6 Å². The molecule has 0 radical (unpaired) electrons. The maximum Gasteiger partial charge on any atom is 0.262 e. The largest absolute Gasteiger partial charge is 0.383 e. The van der Waals surface area contributed by atoms with Crippen molar-refractivity contribution in [2.45, 2.75) is 39.8 Å². The molecule has 8 nitrogen and oxygen atoms in total. The zero-order chi connectivity index (χ0) is 21.8. The summed E-state index contributed by atoms with van der Waals surface area (Å²) in [4.78, 5) is 12.8. The van der Waals surface area contributed by atoms with Crippen LogP contribution < -0.4 is 5.32 Å². The number of pyridine rings is 1. The summed E-state index contributed by atoms with van der Waals surface area (Å²) in [6, 6.07) is 9.31. The molecule has 0 bridgehead atoms. The summed E-state index contributed by atoms with van der Waals surface area (Å²) in [6.07, 6.45) is 3.47. The molecule has 1 amide bonds. The van der Waals surface area contributed by atoms with E-state index in [2.05, 4.69) is 27.0 Å². The highest BCUT2D eigenvalue weighted by Crippen LogP contribution is 2.23. The average molecular weight is 406 g/mol. The van der Waals surface area contributed by atoms with Crippen molar-refractivity contribution in [1.82, 2.24) is 24.5 Å². The molecule has 2 unspecified atom stereocenters. The third-order valence-electron chi connectivity index (χ3n) is 5.11. The average Bonchev–Trinajstić information content (AvgIpc) is 3.26. The second-order valence-electron chi connectivity index (χ2n) is 7.35. The Morgan fingerprint density at radius 3 is 2.80 bits per heavy atom. The van der Waals surface area contributed by atoms with Crippen LogP contribution in [0.5, 0.6) is 0 Å². The molecule has 3 heterocycles. The van der Waals surface area contributed by atoms with Crippen LogP contribution >= 0.6 is 0 Å². The first-order valence-electron chi connectivity index (χ1n) is 9.77. The Kier molecular flexibility index (Phi) is 6.33. The molecule has 0 aliphatic rings. The van der Waals surface area contributed by atoms with Gasteiger partial charge in [-0.25, -0.2) is 0 Å². The molecular weight excluding hydrogens is 380 g/mol. The predicted octanol–water partition coefficient (Wildman–Crippen LogP) is 3.14. The lowest BCUT2D eigenvalue weighted by molar-refractivity contribution is -0.117. The molecule has 0 aromatic carbocycles. The molecule has 2 atom stereocenters. The van der Waals surface area contributed by atoms with Gasteiger partial charge in [0.1, 0.15) is 11.6 Å². The Balaban J connectivity index is 1.84. The van der Waals surface area contributed by atoms with Gasteiger partial charge >= 0.3 is 0 Å². The van der Waals surface area contributed by atoms with Gasteiger partial charge in [0.2, 0.25) is 0 Å². The van der Waals surface area contributed by atoms with Crippen LogP contribution in [0.2, 0.25) is 0 Å². The first-order valence-corrected chi connectivity index (χ1v) is 9.77. The Bertz CT molecular complexity index is 1130. The minimum Gasteiger partial charge on any atom is -0.383 e. The number of fused-ring (bicyclic) bond motifs is 1. The van der Waals surface area contributed by atoms with Crippen molar-refractivity contribution >= 4 is 17.6 Å². The van der Waals surface area contributed by atoms with Crippen molar-refractivity contribution in [2.75, 3.05) is 13.7 Å². The third-order valence-corrected chi connectivity index (χ3v) is 5.11. The Morgan fingerprint density at radius 1 is 1.33 bits per heavy atom. The molecule has 3 rings (SSSR count). The number of carbonyl (C=O) groups is 1. The number of carbonyl (C=O) groups excluding carboxylic acids is 1. The third kappa shape index (κ3) is 4.11. The summed E-state index contributed by atoms with van der Waals surface area (Å²) in [5.41, 5.74) is 3.60. The number of methoxy groups -OCH3 is 1. The number of nitrogens with one attached hydrogen (secondary N) is 1. The smallest absolute Gasteiger partial charge is 0.262 e. The van der Waals surface area contributed by atoms with Crippen LogP contribution in [0, 0.1) is 25.2 Å². The molecule has 156 valence electrons. The minimum atomic E-state index is -0.451. The molecule has 3 aromatic rings. The Hall–Kier alpha value is -3.44. The number of aromatic nitrogens is 4. The molecule has 8 heteroatoms. The standard InChI is InChI=1S/C22H26N6O2/c1-14-10-18(17(4)28(14)15(2)13-30-5)11-19(12-23)22(29)24-16(3)21-26-25-20-8-6-7-9-27(20)21/h6-11,15-16H,13H2,1-5H3,(H,24,29)/b19-11+. The molecule has 0 aliphatic heterocycles. The second-order valence-corrected chi connectivity index (χ2v) is 7.35. The topological polar surface area (TPSA) is 97.2 Å². The highest BCUT2D eigenvalue weighted by molar-refractivity contribution is 6.02. The minimum absolute atomic E-state index is 0.0373. The number of hydrogen-bond acceptors (Lipinski definition) is 5. The molecule has 0 saturated heterocycles. The van der Waals surface area contributed by atoms with Gasteiger partial charge in [-0.1, -0.05) is 6.07 Å². The lowest BCUT2D eigenvalue weighted by Crippen LogP contribution is -2.28. The quantitative estimate of drug-likeness (QED) is 0.480.